The summed E-state index contributed by atoms with van der Waals surface area (Å²) in [4.78, 5) is 2.42. The maximum atomic E-state index is 4.10. The van der Waals surface area contributed by atoms with Gasteiger partial charge in [0.25, 0.3) is 0 Å². The second-order valence-corrected chi connectivity index (χ2v) is 4.21. The van der Waals surface area contributed by atoms with Crippen LogP contribution in [-0.4, -0.2) is 24.0 Å². The van der Waals surface area contributed by atoms with Gasteiger partial charge in [-0.3, -0.25) is 0 Å². The van der Waals surface area contributed by atoms with E-state index in [9.17, 15) is 0 Å². The zero-order valence-electron chi connectivity index (χ0n) is 8.15. The normalized spacial score (nSPS) is 32.4. The molecule has 64 valence electrons. The van der Waals surface area contributed by atoms with Gasteiger partial charge in [0.05, 0.1) is 0 Å². The Balaban J connectivity index is 2.80. The summed E-state index contributed by atoms with van der Waals surface area (Å²) in [7, 11) is 2.20. The highest BCUT2D eigenvalue weighted by Crippen LogP contribution is 2.34. The summed E-state index contributed by atoms with van der Waals surface area (Å²) in [5, 5.41) is 0. The lowest BCUT2D eigenvalue weighted by atomic mass is 9.78. The Labute approximate surface area is 70.1 Å². The van der Waals surface area contributed by atoms with Gasteiger partial charge in [-0.05, 0) is 33.2 Å². The van der Waals surface area contributed by atoms with E-state index in [-0.39, 0.29) is 0 Å². The molecule has 0 N–H and O–H groups in total. The van der Waals surface area contributed by atoms with Crippen LogP contribution in [0.3, 0.4) is 0 Å². The van der Waals surface area contributed by atoms with Crippen molar-refractivity contribution >= 4 is 0 Å². The second kappa shape index (κ2) is 2.63. The fourth-order valence-electron chi connectivity index (χ4n) is 1.65. The van der Waals surface area contributed by atoms with Crippen molar-refractivity contribution < 1.29 is 0 Å². The number of rotatable bonds is 0. The molecule has 1 heteroatoms. The van der Waals surface area contributed by atoms with Crippen LogP contribution in [0.15, 0.2) is 12.2 Å². The van der Waals surface area contributed by atoms with Gasteiger partial charge >= 0.3 is 0 Å². The molecule has 1 unspecified atom stereocenters. The summed E-state index contributed by atoms with van der Waals surface area (Å²) < 4.78 is 0. The van der Waals surface area contributed by atoms with Crippen LogP contribution in [0.2, 0.25) is 0 Å². The molecular formula is C10H19N. The molecule has 11 heavy (non-hydrogen) atoms. The molecule has 1 fully saturated rings. The molecule has 1 aliphatic heterocycles. The van der Waals surface area contributed by atoms with E-state index in [4.69, 9.17) is 0 Å². The minimum Gasteiger partial charge on any atom is -0.300 e. The molecule has 1 heterocycles. The van der Waals surface area contributed by atoms with Crippen molar-refractivity contribution in [2.45, 2.75) is 32.7 Å². The van der Waals surface area contributed by atoms with Gasteiger partial charge in [0, 0.05) is 12.1 Å². The summed E-state index contributed by atoms with van der Waals surface area (Å²) in [5.41, 5.74) is 1.71. The smallest absolute Gasteiger partial charge is 0.0212 e. The number of hydrogen-bond donors (Lipinski definition) is 0. The van der Waals surface area contributed by atoms with Crippen molar-refractivity contribution in [2.24, 2.45) is 5.92 Å². The molecule has 0 aromatic carbocycles. The van der Waals surface area contributed by atoms with Gasteiger partial charge in [0.15, 0.2) is 0 Å². The van der Waals surface area contributed by atoms with Crippen molar-refractivity contribution in [1.29, 1.82) is 0 Å². The van der Waals surface area contributed by atoms with Crippen LogP contribution in [0.25, 0.3) is 0 Å². The topological polar surface area (TPSA) is 3.24 Å². The molecular weight excluding hydrogens is 134 g/mol. The first kappa shape index (κ1) is 8.79. The summed E-state index contributed by atoms with van der Waals surface area (Å²) in [6, 6.07) is 0. The number of hydrogen-bond acceptors (Lipinski definition) is 1. The molecule has 0 aromatic rings. The second-order valence-electron chi connectivity index (χ2n) is 4.21. The van der Waals surface area contributed by atoms with Gasteiger partial charge in [-0.2, -0.15) is 0 Å². The van der Waals surface area contributed by atoms with Gasteiger partial charge < -0.3 is 4.90 Å². The quantitative estimate of drug-likeness (QED) is 0.483. The van der Waals surface area contributed by atoms with Crippen molar-refractivity contribution in [3.63, 3.8) is 0 Å². The maximum Gasteiger partial charge on any atom is 0.0212 e. The van der Waals surface area contributed by atoms with E-state index >= 15 is 0 Å². The third kappa shape index (κ3) is 1.34. The molecule has 0 spiro atoms. The highest BCUT2D eigenvalue weighted by molar-refractivity contribution is 5.11. The average molecular weight is 153 g/mol. The van der Waals surface area contributed by atoms with Crippen LogP contribution in [0.1, 0.15) is 27.2 Å². The number of likely N-dealkylation sites (tertiary alicyclic amines) is 1. The molecule has 1 rings (SSSR count). The molecule has 1 atom stereocenters. The Morgan fingerprint density at radius 3 is 2.55 bits per heavy atom. The number of piperidine rings is 1. The van der Waals surface area contributed by atoms with Crippen molar-refractivity contribution in [1.82, 2.24) is 4.90 Å². The summed E-state index contributed by atoms with van der Waals surface area (Å²) in [5.74, 6) is 0.626. The lowest BCUT2D eigenvalue weighted by Gasteiger charge is -2.46. The molecule has 1 saturated heterocycles. The SMILES string of the molecule is C=C1CCN(C)C(C)(C)C1C. The van der Waals surface area contributed by atoms with E-state index in [1.165, 1.54) is 12.0 Å². The first-order valence-electron chi connectivity index (χ1n) is 4.35. The van der Waals surface area contributed by atoms with E-state index in [2.05, 4.69) is 39.3 Å². The zero-order valence-corrected chi connectivity index (χ0v) is 8.15. The van der Waals surface area contributed by atoms with Crippen LogP contribution >= 0.6 is 0 Å². The Morgan fingerprint density at radius 1 is 1.55 bits per heavy atom. The average Bonchev–Trinajstić information content (AvgIpc) is 1.95. The van der Waals surface area contributed by atoms with Crippen molar-refractivity contribution in [3.8, 4) is 0 Å². The first-order chi connectivity index (χ1) is 4.96. The Hall–Kier alpha value is -0.300. The fraction of sp³-hybridized carbons (Fsp3) is 0.800. The molecule has 0 aliphatic carbocycles. The van der Waals surface area contributed by atoms with Gasteiger partial charge in [0.1, 0.15) is 0 Å². The molecule has 0 amide bonds. The van der Waals surface area contributed by atoms with E-state index in [0.29, 0.717) is 11.5 Å². The van der Waals surface area contributed by atoms with Crippen molar-refractivity contribution in [2.75, 3.05) is 13.6 Å². The molecule has 0 radical (unpaired) electrons. The van der Waals surface area contributed by atoms with Crippen LogP contribution in [0.5, 0.6) is 0 Å². The molecule has 1 aliphatic rings. The highest BCUT2D eigenvalue weighted by Gasteiger charge is 2.35. The predicted molar refractivity (Wildman–Crippen MR) is 49.6 cm³/mol. The lowest BCUT2D eigenvalue weighted by Crippen LogP contribution is -2.50. The van der Waals surface area contributed by atoms with Gasteiger partial charge in [0.2, 0.25) is 0 Å². The Kier molecular flexibility index (Phi) is 2.10. The Bertz CT molecular complexity index is 170. The lowest BCUT2D eigenvalue weighted by molar-refractivity contribution is 0.0879. The van der Waals surface area contributed by atoms with Crippen molar-refractivity contribution in [3.05, 3.63) is 12.2 Å². The monoisotopic (exact) mass is 153 g/mol. The molecule has 0 saturated carbocycles. The molecule has 0 bridgehead atoms. The van der Waals surface area contributed by atoms with Crippen LogP contribution in [0.4, 0.5) is 0 Å². The van der Waals surface area contributed by atoms with E-state index in [1.807, 2.05) is 0 Å². The Morgan fingerprint density at radius 2 is 2.09 bits per heavy atom. The third-order valence-electron chi connectivity index (χ3n) is 3.42. The first-order valence-corrected chi connectivity index (χ1v) is 4.35. The zero-order chi connectivity index (χ0) is 8.65. The predicted octanol–water partition coefficient (Wildman–Crippen LogP) is 2.29. The van der Waals surface area contributed by atoms with Gasteiger partial charge in [-0.1, -0.05) is 19.1 Å². The summed E-state index contributed by atoms with van der Waals surface area (Å²) in [6.45, 7) is 12.1. The minimum atomic E-state index is 0.301. The van der Waals surface area contributed by atoms with E-state index in [1.54, 1.807) is 0 Å². The highest BCUT2D eigenvalue weighted by atomic mass is 15.2. The number of nitrogens with zero attached hydrogens (tertiary/aromatic N) is 1. The van der Waals surface area contributed by atoms with Gasteiger partial charge in [-0.15, -0.1) is 0 Å². The summed E-state index contributed by atoms with van der Waals surface area (Å²) in [6.07, 6.45) is 1.17. The van der Waals surface area contributed by atoms with Gasteiger partial charge in [-0.25, -0.2) is 0 Å². The van der Waals surface area contributed by atoms with Crippen LogP contribution in [-0.2, 0) is 0 Å². The third-order valence-corrected chi connectivity index (χ3v) is 3.42. The van der Waals surface area contributed by atoms with Crippen LogP contribution in [0, 0.1) is 5.92 Å². The summed E-state index contributed by atoms with van der Waals surface area (Å²) >= 11 is 0. The van der Waals surface area contributed by atoms with Crippen LogP contribution < -0.4 is 0 Å². The van der Waals surface area contributed by atoms with E-state index < -0.39 is 0 Å². The fourth-order valence-corrected chi connectivity index (χ4v) is 1.65. The standard InChI is InChI=1S/C10H19N/c1-8-6-7-11(5)10(3,4)9(8)2/h9H,1,6-7H2,2-5H3. The minimum absolute atomic E-state index is 0.301. The maximum absolute atomic E-state index is 4.10. The van der Waals surface area contributed by atoms with E-state index in [0.717, 1.165) is 6.54 Å². The molecule has 0 aromatic heterocycles. The largest absolute Gasteiger partial charge is 0.300 e. The molecule has 1 nitrogen and oxygen atoms in total.